The Morgan fingerprint density at radius 2 is 1.71 bits per heavy atom. The first-order valence-corrected chi connectivity index (χ1v) is 10.3. The predicted octanol–water partition coefficient (Wildman–Crippen LogP) is 7.20. The third kappa shape index (κ3) is 4.46. The topological polar surface area (TPSA) is 12.0 Å². The second-order valence-electron chi connectivity index (χ2n) is 5.77. The van der Waals surface area contributed by atoms with Crippen LogP contribution in [0.1, 0.15) is 61.8 Å². The molecular formula is C20H24Cl2IN. The number of hydrogen-bond acceptors (Lipinski definition) is 1. The van der Waals surface area contributed by atoms with Crippen molar-refractivity contribution in [2.24, 2.45) is 0 Å². The van der Waals surface area contributed by atoms with Gasteiger partial charge in [0.15, 0.2) is 0 Å². The molecule has 1 aliphatic carbocycles. The number of fused-ring (bicyclic) bond motifs is 1. The average Bonchev–Trinajstić information content (AvgIpc) is 2.78. The monoisotopic (exact) mass is 475 g/mol. The summed E-state index contributed by atoms with van der Waals surface area (Å²) in [5, 5.41) is 4.73. The van der Waals surface area contributed by atoms with Crippen LogP contribution in [0, 0.1) is 3.57 Å². The molecule has 0 amide bonds. The summed E-state index contributed by atoms with van der Waals surface area (Å²) in [6.45, 7) is 4.00. The van der Waals surface area contributed by atoms with E-state index in [1.807, 2.05) is 33.0 Å². The van der Waals surface area contributed by atoms with Gasteiger partial charge in [0.05, 0.1) is 10.0 Å². The van der Waals surface area contributed by atoms with Gasteiger partial charge in [-0.25, -0.2) is 0 Å². The molecule has 2 unspecified atom stereocenters. The molecule has 3 rings (SSSR count). The van der Waals surface area contributed by atoms with Crippen LogP contribution in [-0.4, -0.2) is 7.05 Å². The average molecular weight is 476 g/mol. The Labute approximate surface area is 169 Å². The first kappa shape index (κ1) is 20.0. The normalized spacial score (nSPS) is 19.8. The van der Waals surface area contributed by atoms with Crippen molar-refractivity contribution in [2.45, 2.75) is 45.1 Å². The van der Waals surface area contributed by atoms with E-state index in [2.05, 4.69) is 52.2 Å². The van der Waals surface area contributed by atoms with Crippen LogP contribution in [0.5, 0.6) is 0 Å². The van der Waals surface area contributed by atoms with Crippen molar-refractivity contribution < 1.29 is 0 Å². The SMILES string of the molecule is CC.CNC1CCCC(c2ccc(Cl)c(Cl)c2)c2ccc(I)cc21. The molecule has 0 saturated carbocycles. The molecular weight excluding hydrogens is 452 g/mol. The van der Waals surface area contributed by atoms with E-state index >= 15 is 0 Å². The molecule has 1 N–H and O–H groups in total. The quantitative estimate of drug-likeness (QED) is 0.357. The highest BCUT2D eigenvalue weighted by molar-refractivity contribution is 14.1. The molecule has 4 heteroatoms. The van der Waals surface area contributed by atoms with E-state index in [-0.39, 0.29) is 0 Å². The summed E-state index contributed by atoms with van der Waals surface area (Å²) < 4.78 is 1.28. The van der Waals surface area contributed by atoms with Crippen molar-refractivity contribution >= 4 is 45.8 Å². The lowest BCUT2D eigenvalue weighted by molar-refractivity contribution is 0.528. The molecule has 0 radical (unpaired) electrons. The van der Waals surface area contributed by atoms with E-state index < -0.39 is 0 Å². The molecule has 0 aromatic heterocycles. The molecule has 0 spiro atoms. The van der Waals surface area contributed by atoms with Gasteiger partial charge in [0.1, 0.15) is 0 Å². The Bertz CT molecular complexity index is 687. The van der Waals surface area contributed by atoms with Crippen molar-refractivity contribution in [2.75, 3.05) is 7.05 Å². The minimum Gasteiger partial charge on any atom is -0.313 e. The number of benzene rings is 2. The van der Waals surface area contributed by atoms with E-state index in [4.69, 9.17) is 23.2 Å². The van der Waals surface area contributed by atoms with Crippen molar-refractivity contribution in [3.05, 3.63) is 66.7 Å². The van der Waals surface area contributed by atoms with Crippen LogP contribution >= 0.6 is 45.8 Å². The fourth-order valence-corrected chi connectivity index (χ4v) is 4.20. The second kappa shape index (κ2) is 9.42. The van der Waals surface area contributed by atoms with E-state index in [9.17, 15) is 0 Å². The van der Waals surface area contributed by atoms with Gasteiger partial charge in [0.2, 0.25) is 0 Å². The van der Waals surface area contributed by atoms with Gasteiger partial charge in [-0.15, -0.1) is 0 Å². The molecule has 2 atom stereocenters. The first-order chi connectivity index (χ1) is 11.6. The lowest BCUT2D eigenvalue weighted by Gasteiger charge is -2.21. The van der Waals surface area contributed by atoms with Crippen molar-refractivity contribution in [3.8, 4) is 0 Å². The first-order valence-electron chi connectivity index (χ1n) is 8.51. The summed E-state index contributed by atoms with van der Waals surface area (Å²) >= 11 is 14.7. The summed E-state index contributed by atoms with van der Waals surface area (Å²) in [4.78, 5) is 0. The summed E-state index contributed by atoms with van der Waals surface area (Å²) in [6.07, 6.45) is 3.51. The smallest absolute Gasteiger partial charge is 0.0595 e. The lowest BCUT2D eigenvalue weighted by atomic mass is 9.86. The van der Waals surface area contributed by atoms with E-state index in [0.717, 1.165) is 6.42 Å². The molecule has 1 aliphatic rings. The van der Waals surface area contributed by atoms with Gasteiger partial charge >= 0.3 is 0 Å². The standard InChI is InChI=1S/C18H18Cl2IN.C2H6/c1-22-18-4-2-3-13(11-5-8-16(19)17(20)9-11)14-7-6-12(21)10-15(14)18;1-2/h5-10,13,18,22H,2-4H2,1H3;1-2H3. The van der Waals surface area contributed by atoms with Gasteiger partial charge in [0, 0.05) is 15.5 Å². The van der Waals surface area contributed by atoms with E-state index in [1.165, 1.54) is 33.1 Å². The molecule has 2 aromatic rings. The van der Waals surface area contributed by atoms with Crippen molar-refractivity contribution in [3.63, 3.8) is 0 Å². The molecule has 0 aliphatic heterocycles. The number of halogens is 3. The second-order valence-corrected chi connectivity index (χ2v) is 7.83. The lowest BCUT2D eigenvalue weighted by Crippen LogP contribution is -2.17. The van der Waals surface area contributed by atoms with Gasteiger partial charge in [-0.1, -0.05) is 55.6 Å². The molecule has 2 aromatic carbocycles. The van der Waals surface area contributed by atoms with Gasteiger partial charge in [-0.2, -0.15) is 0 Å². The Morgan fingerprint density at radius 1 is 0.958 bits per heavy atom. The largest absolute Gasteiger partial charge is 0.313 e. The molecule has 0 fully saturated rings. The number of hydrogen-bond donors (Lipinski definition) is 1. The Kier molecular flexibility index (Phi) is 7.86. The Hall–Kier alpha value is -0.290. The fourth-order valence-electron chi connectivity index (χ4n) is 3.38. The van der Waals surface area contributed by atoms with Gasteiger partial charge in [0.25, 0.3) is 0 Å². The van der Waals surface area contributed by atoms with Gasteiger partial charge in [-0.05, 0) is 83.4 Å². The molecule has 130 valence electrons. The highest BCUT2D eigenvalue weighted by Crippen LogP contribution is 2.41. The Balaban J connectivity index is 0.00000100. The van der Waals surface area contributed by atoms with Crippen molar-refractivity contribution in [1.82, 2.24) is 5.32 Å². The number of rotatable bonds is 2. The van der Waals surface area contributed by atoms with Crippen LogP contribution in [0.15, 0.2) is 36.4 Å². The van der Waals surface area contributed by atoms with Gasteiger partial charge < -0.3 is 5.32 Å². The van der Waals surface area contributed by atoms with Crippen LogP contribution in [0.25, 0.3) is 0 Å². The minimum atomic E-state index is 0.389. The summed E-state index contributed by atoms with van der Waals surface area (Å²) in [6, 6.07) is 13.3. The predicted molar refractivity (Wildman–Crippen MR) is 114 cm³/mol. The zero-order valence-electron chi connectivity index (χ0n) is 14.4. The van der Waals surface area contributed by atoms with Crippen LogP contribution in [0.4, 0.5) is 0 Å². The van der Waals surface area contributed by atoms with Crippen LogP contribution in [0.2, 0.25) is 10.0 Å². The zero-order valence-corrected chi connectivity index (χ0v) is 18.0. The van der Waals surface area contributed by atoms with E-state index in [1.54, 1.807) is 0 Å². The molecule has 0 bridgehead atoms. The van der Waals surface area contributed by atoms with Crippen LogP contribution < -0.4 is 5.32 Å². The third-order valence-corrected chi connectivity index (χ3v) is 5.89. The zero-order chi connectivity index (χ0) is 17.7. The van der Waals surface area contributed by atoms with Crippen LogP contribution in [0.3, 0.4) is 0 Å². The van der Waals surface area contributed by atoms with Gasteiger partial charge in [-0.3, -0.25) is 0 Å². The maximum Gasteiger partial charge on any atom is 0.0595 e. The number of nitrogens with one attached hydrogen (secondary N) is 1. The molecule has 24 heavy (non-hydrogen) atoms. The maximum atomic E-state index is 6.24. The van der Waals surface area contributed by atoms with E-state index in [0.29, 0.717) is 22.0 Å². The van der Waals surface area contributed by atoms with Crippen molar-refractivity contribution in [1.29, 1.82) is 0 Å². The molecule has 1 nitrogen and oxygen atoms in total. The summed E-state index contributed by atoms with van der Waals surface area (Å²) in [5.41, 5.74) is 4.09. The van der Waals surface area contributed by atoms with Crippen LogP contribution in [-0.2, 0) is 0 Å². The molecule has 0 saturated heterocycles. The maximum absolute atomic E-state index is 6.24. The minimum absolute atomic E-state index is 0.389. The Morgan fingerprint density at radius 3 is 2.38 bits per heavy atom. The third-order valence-electron chi connectivity index (χ3n) is 4.48. The fraction of sp³-hybridized carbons (Fsp3) is 0.400. The highest BCUT2D eigenvalue weighted by atomic mass is 127. The summed E-state index contributed by atoms with van der Waals surface area (Å²) in [5.74, 6) is 0.389. The molecule has 0 heterocycles. The summed E-state index contributed by atoms with van der Waals surface area (Å²) in [7, 11) is 2.05. The highest BCUT2D eigenvalue weighted by Gasteiger charge is 2.25.